The molecule has 1 aromatic carbocycles. The first-order valence-electron chi connectivity index (χ1n) is 6.50. The molecule has 5 heteroatoms. The van der Waals surface area contributed by atoms with Crippen LogP contribution in [-0.2, 0) is 4.79 Å². The van der Waals surface area contributed by atoms with Crippen molar-refractivity contribution in [3.63, 3.8) is 0 Å². The van der Waals surface area contributed by atoms with Gasteiger partial charge in [0.2, 0.25) is 0 Å². The van der Waals surface area contributed by atoms with Crippen LogP contribution >= 0.6 is 0 Å². The van der Waals surface area contributed by atoms with Crippen LogP contribution in [0.2, 0.25) is 0 Å². The average Bonchev–Trinajstić information content (AvgIpc) is 2.38. The summed E-state index contributed by atoms with van der Waals surface area (Å²) in [6.45, 7) is 5.36. The van der Waals surface area contributed by atoms with Crippen molar-refractivity contribution in [3.8, 4) is 11.5 Å². The van der Waals surface area contributed by atoms with Crippen LogP contribution in [0.3, 0.4) is 0 Å². The molecule has 1 amide bonds. The summed E-state index contributed by atoms with van der Waals surface area (Å²) in [6.07, 6.45) is 0. The molecule has 108 valence electrons. The molecule has 20 heavy (non-hydrogen) atoms. The molecule has 0 unspecified atom stereocenters. The number of hydrogen-bond acceptors (Lipinski definition) is 4. The third-order valence-electron chi connectivity index (χ3n) is 3.53. The van der Waals surface area contributed by atoms with E-state index in [4.69, 9.17) is 9.47 Å². The molecule has 0 atom stereocenters. The van der Waals surface area contributed by atoms with Gasteiger partial charge in [-0.2, -0.15) is 0 Å². The molecule has 5 nitrogen and oxygen atoms in total. The molecule has 0 aromatic heterocycles. The molecule has 1 heterocycles. The number of anilines is 1. The van der Waals surface area contributed by atoms with E-state index in [1.807, 2.05) is 19.9 Å². The van der Waals surface area contributed by atoms with E-state index in [1.54, 1.807) is 20.3 Å². The van der Waals surface area contributed by atoms with E-state index < -0.39 is 0 Å². The highest BCUT2D eigenvalue weighted by molar-refractivity contribution is 6.04. The summed E-state index contributed by atoms with van der Waals surface area (Å²) in [7, 11) is 3.17. The number of ether oxygens (including phenoxy) is 2. The lowest BCUT2D eigenvalue weighted by atomic mass is 10.0. The van der Waals surface area contributed by atoms with Crippen molar-refractivity contribution < 1.29 is 14.3 Å². The zero-order valence-corrected chi connectivity index (χ0v) is 12.3. The lowest BCUT2D eigenvalue weighted by Gasteiger charge is -2.22. The Hall–Kier alpha value is -2.01. The van der Waals surface area contributed by atoms with Crippen LogP contribution in [0, 0.1) is 6.92 Å². The Balaban J connectivity index is 2.23. The molecule has 0 aliphatic carbocycles. The van der Waals surface area contributed by atoms with Gasteiger partial charge >= 0.3 is 0 Å². The summed E-state index contributed by atoms with van der Waals surface area (Å²) in [6, 6.07) is 3.63. The van der Waals surface area contributed by atoms with Gasteiger partial charge in [-0.25, -0.2) is 0 Å². The van der Waals surface area contributed by atoms with Gasteiger partial charge in [-0.15, -0.1) is 0 Å². The molecule has 0 bridgehead atoms. The Morgan fingerprint density at radius 1 is 1.20 bits per heavy atom. The highest BCUT2D eigenvalue weighted by atomic mass is 16.5. The van der Waals surface area contributed by atoms with E-state index in [9.17, 15) is 4.79 Å². The van der Waals surface area contributed by atoms with E-state index in [0.717, 1.165) is 35.5 Å². The minimum absolute atomic E-state index is 0.0724. The SMILES string of the molecule is COc1cc(C)c(NC(=O)C(C)=C2CNC2)cc1OC. The van der Waals surface area contributed by atoms with Gasteiger partial charge in [0.25, 0.3) is 5.91 Å². The monoisotopic (exact) mass is 276 g/mol. The number of carbonyl (C=O) groups is 1. The molecule has 1 aromatic rings. The van der Waals surface area contributed by atoms with Gasteiger partial charge in [-0.05, 0) is 31.1 Å². The fourth-order valence-electron chi connectivity index (χ4n) is 2.01. The van der Waals surface area contributed by atoms with Crippen LogP contribution in [-0.4, -0.2) is 33.2 Å². The minimum Gasteiger partial charge on any atom is -0.493 e. The Kier molecular flexibility index (Phi) is 4.29. The van der Waals surface area contributed by atoms with Crippen molar-refractivity contribution in [2.45, 2.75) is 13.8 Å². The standard InChI is InChI=1S/C15H20N2O3/c1-9-5-13(19-3)14(20-4)6-12(9)17-15(18)10(2)11-7-16-8-11/h5-6,16H,7-8H2,1-4H3,(H,17,18). The number of methoxy groups -OCH3 is 2. The molecule has 1 saturated heterocycles. The van der Waals surface area contributed by atoms with Gasteiger partial charge in [-0.1, -0.05) is 0 Å². The molecule has 0 spiro atoms. The zero-order valence-electron chi connectivity index (χ0n) is 12.3. The molecule has 2 N–H and O–H groups in total. The summed E-state index contributed by atoms with van der Waals surface area (Å²) in [5.74, 6) is 1.18. The smallest absolute Gasteiger partial charge is 0.251 e. The summed E-state index contributed by atoms with van der Waals surface area (Å²) in [4.78, 5) is 12.2. The summed E-state index contributed by atoms with van der Waals surface area (Å²) < 4.78 is 10.5. The first-order valence-corrected chi connectivity index (χ1v) is 6.50. The summed E-state index contributed by atoms with van der Waals surface area (Å²) >= 11 is 0. The fraction of sp³-hybridized carbons (Fsp3) is 0.400. The second kappa shape index (κ2) is 5.96. The highest BCUT2D eigenvalue weighted by Crippen LogP contribution is 2.33. The Morgan fingerprint density at radius 2 is 1.80 bits per heavy atom. The third-order valence-corrected chi connectivity index (χ3v) is 3.53. The summed E-state index contributed by atoms with van der Waals surface area (Å²) in [5.41, 5.74) is 3.60. The van der Waals surface area contributed by atoms with E-state index in [2.05, 4.69) is 10.6 Å². The number of aryl methyl sites for hydroxylation is 1. The second-order valence-corrected chi connectivity index (χ2v) is 4.81. The topological polar surface area (TPSA) is 59.6 Å². The third kappa shape index (κ3) is 2.77. The molecule has 2 rings (SSSR count). The Labute approximate surface area is 119 Å². The number of nitrogens with one attached hydrogen (secondary N) is 2. The van der Waals surface area contributed by atoms with Crippen molar-refractivity contribution in [1.82, 2.24) is 5.32 Å². The predicted molar refractivity (Wildman–Crippen MR) is 78.5 cm³/mol. The maximum Gasteiger partial charge on any atom is 0.251 e. The molecule has 0 radical (unpaired) electrons. The Bertz CT molecular complexity index is 558. The number of benzene rings is 1. The average molecular weight is 276 g/mol. The Morgan fingerprint density at radius 3 is 2.30 bits per heavy atom. The van der Waals surface area contributed by atoms with Crippen molar-refractivity contribution >= 4 is 11.6 Å². The molecule has 1 aliphatic rings. The highest BCUT2D eigenvalue weighted by Gasteiger charge is 2.17. The first kappa shape index (κ1) is 14.4. The number of hydrogen-bond donors (Lipinski definition) is 2. The molecular formula is C15H20N2O3. The van der Waals surface area contributed by atoms with Crippen molar-refractivity contribution in [2.24, 2.45) is 0 Å². The minimum atomic E-state index is -0.0724. The molecular weight excluding hydrogens is 256 g/mol. The second-order valence-electron chi connectivity index (χ2n) is 4.81. The number of carbonyl (C=O) groups excluding carboxylic acids is 1. The maximum absolute atomic E-state index is 12.2. The van der Waals surface area contributed by atoms with Gasteiger partial charge in [0.1, 0.15) is 0 Å². The van der Waals surface area contributed by atoms with Gasteiger partial charge in [0.15, 0.2) is 11.5 Å². The van der Waals surface area contributed by atoms with E-state index in [0.29, 0.717) is 11.5 Å². The largest absolute Gasteiger partial charge is 0.493 e. The molecule has 1 aliphatic heterocycles. The van der Waals surface area contributed by atoms with Gasteiger partial charge in [0.05, 0.1) is 14.2 Å². The number of amides is 1. The van der Waals surface area contributed by atoms with Crippen LogP contribution in [0.15, 0.2) is 23.3 Å². The van der Waals surface area contributed by atoms with E-state index >= 15 is 0 Å². The lowest BCUT2D eigenvalue weighted by molar-refractivity contribution is -0.112. The quantitative estimate of drug-likeness (QED) is 0.824. The zero-order chi connectivity index (χ0) is 14.7. The van der Waals surface area contributed by atoms with Gasteiger partial charge in [-0.3, -0.25) is 4.79 Å². The lowest BCUT2D eigenvalue weighted by Crippen LogP contribution is -2.36. The van der Waals surface area contributed by atoms with Crippen molar-refractivity contribution in [3.05, 3.63) is 28.8 Å². The van der Waals surface area contributed by atoms with Crippen molar-refractivity contribution in [2.75, 3.05) is 32.6 Å². The molecule has 0 saturated carbocycles. The van der Waals surface area contributed by atoms with Crippen LogP contribution in [0.25, 0.3) is 0 Å². The van der Waals surface area contributed by atoms with Crippen LogP contribution < -0.4 is 20.1 Å². The van der Waals surface area contributed by atoms with Gasteiger partial charge < -0.3 is 20.1 Å². The van der Waals surface area contributed by atoms with E-state index in [-0.39, 0.29) is 5.91 Å². The molecule has 1 fully saturated rings. The van der Waals surface area contributed by atoms with Crippen LogP contribution in [0.4, 0.5) is 5.69 Å². The van der Waals surface area contributed by atoms with Crippen molar-refractivity contribution in [1.29, 1.82) is 0 Å². The maximum atomic E-state index is 12.2. The van der Waals surface area contributed by atoms with E-state index in [1.165, 1.54) is 0 Å². The van der Waals surface area contributed by atoms with Crippen LogP contribution in [0.1, 0.15) is 12.5 Å². The normalized spacial score (nSPS) is 13.5. The first-order chi connectivity index (χ1) is 9.56. The summed E-state index contributed by atoms with van der Waals surface area (Å²) in [5, 5.41) is 6.06. The number of rotatable bonds is 4. The van der Waals surface area contributed by atoms with Gasteiger partial charge in [0, 0.05) is 30.4 Å². The van der Waals surface area contributed by atoms with Crippen LogP contribution in [0.5, 0.6) is 11.5 Å². The fourth-order valence-corrected chi connectivity index (χ4v) is 2.01. The predicted octanol–water partition coefficient (Wildman–Crippen LogP) is 1.87.